The average Bonchev–Trinajstić information content (AvgIpc) is 2.45. The van der Waals surface area contributed by atoms with Crippen LogP contribution in [-0.4, -0.2) is 0 Å². The summed E-state index contributed by atoms with van der Waals surface area (Å²) in [6.07, 6.45) is 0. The third-order valence-electron chi connectivity index (χ3n) is 3.02. The van der Waals surface area contributed by atoms with Crippen LogP contribution in [0.15, 0.2) is 63.8 Å². The molecular formula is C16H13NO2. The molecule has 0 saturated carbocycles. The first kappa shape index (κ1) is 11.5. The van der Waals surface area contributed by atoms with Crippen LogP contribution in [0.25, 0.3) is 11.0 Å². The molecule has 0 radical (unpaired) electrons. The summed E-state index contributed by atoms with van der Waals surface area (Å²) in [5, 5.41) is 3.72. The van der Waals surface area contributed by atoms with E-state index in [4.69, 9.17) is 4.42 Å². The lowest BCUT2D eigenvalue weighted by molar-refractivity contribution is 0.567. The maximum atomic E-state index is 12.4. The minimum atomic E-state index is -0.0387. The normalized spacial score (nSPS) is 10.6. The van der Waals surface area contributed by atoms with Crippen molar-refractivity contribution < 1.29 is 4.42 Å². The lowest BCUT2D eigenvalue weighted by Gasteiger charge is -2.09. The van der Waals surface area contributed by atoms with Crippen molar-refractivity contribution in [3.63, 3.8) is 0 Å². The zero-order chi connectivity index (χ0) is 13.2. The molecule has 3 rings (SSSR count). The molecule has 0 fully saturated rings. The summed E-state index contributed by atoms with van der Waals surface area (Å²) >= 11 is 0. The Hall–Kier alpha value is -2.55. The lowest BCUT2D eigenvalue weighted by Crippen LogP contribution is -2.10. The Morgan fingerprint density at radius 3 is 2.42 bits per heavy atom. The zero-order valence-electron chi connectivity index (χ0n) is 10.5. The molecule has 0 amide bonds. The summed E-state index contributed by atoms with van der Waals surface area (Å²) in [5.74, 6) is 0.590. The predicted molar refractivity (Wildman–Crippen MR) is 76.9 cm³/mol. The summed E-state index contributed by atoms with van der Waals surface area (Å²) in [7, 11) is 0. The van der Waals surface area contributed by atoms with Gasteiger partial charge in [-0.1, -0.05) is 30.3 Å². The molecule has 2 aromatic carbocycles. The Kier molecular flexibility index (Phi) is 2.80. The Balaban J connectivity index is 2.16. The van der Waals surface area contributed by atoms with Gasteiger partial charge in [0.15, 0.2) is 0 Å². The molecule has 0 aliphatic carbocycles. The van der Waals surface area contributed by atoms with Gasteiger partial charge < -0.3 is 9.73 Å². The van der Waals surface area contributed by atoms with E-state index in [0.29, 0.717) is 22.4 Å². The first-order valence-corrected chi connectivity index (χ1v) is 6.10. The molecule has 3 heteroatoms. The van der Waals surface area contributed by atoms with Crippen molar-refractivity contribution in [3.05, 3.63) is 70.6 Å². The average molecular weight is 251 g/mol. The monoisotopic (exact) mass is 251 g/mol. The van der Waals surface area contributed by atoms with E-state index < -0.39 is 0 Å². The van der Waals surface area contributed by atoms with Crippen molar-refractivity contribution in [1.29, 1.82) is 0 Å². The molecule has 0 aliphatic rings. The van der Waals surface area contributed by atoms with Gasteiger partial charge in [-0.15, -0.1) is 0 Å². The van der Waals surface area contributed by atoms with Crippen molar-refractivity contribution in [2.45, 2.75) is 6.92 Å². The van der Waals surface area contributed by atoms with Crippen LogP contribution in [0.2, 0.25) is 0 Å². The molecule has 3 aromatic rings. The van der Waals surface area contributed by atoms with Crippen LogP contribution in [0, 0.1) is 6.92 Å². The molecule has 94 valence electrons. The van der Waals surface area contributed by atoms with Crippen molar-refractivity contribution >= 4 is 22.3 Å². The Morgan fingerprint density at radius 1 is 0.947 bits per heavy atom. The van der Waals surface area contributed by atoms with Crippen LogP contribution >= 0.6 is 0 Å². The van der Waals surface area contributed by atoms with Gasteiger partial charge >= 0.3 is 0 Å². The van der Waals surface area contributed by atoms with Gasteiger partial charge in [0.05, 0.1) is 5.39 Å². The molecule has 1 N–H and O–H groups in total. The van der Waals surface area contributed by atoms with Crippen LogP contribution in [0.1, 0.15) is 5.76 Å². The van der Waals surface area contributed by atoms with E-state index >= 15 is 0 Å². The van der Waals surface area contributed by atoms with Gasteiger partial charge in [0, 0.05) is 5.69 Å². The van der Waals surface area contributed by atoms with Crippen molar-refractivity contribution in [3.8, 4) is 0 Å². The SMILES string of the molecule is Cc1oc2ccccc2c(=O)c1Nc1ccccc1. The number of hydrogen-bond acceptors (Lipinski definition) is 3. The van der Waals surface area contributed by atoms with Gasteiger partial charge in [0.2, 0.25) is 5.43 Å². The van der Waals surface area contributed by atoms with Gasteiger partial charge in [-0.2, -0.15) is 0 Å². The first-order chi connectivity index (χ1) is 9.25. The van der Waals surface area contributed by atoms with Gasteiger partial charge in [-0.05, 0) is 31.2 Å². The molecule has 0 bridgehead atoms. The standard InChI is InChI=1S/C16H13NO2/c1-11-15(17-12-7-3-2-4-8-12)16(18)13-9-5-6-10-14(13)19-11/h2-10,17H,1H3. The quantitative estimate of drug-likeness (QED) is 0.752. The molecule has 3 nitrogen and oxygen atoms in total. The Labute approximate surface area is 110 Å². The van der Waals surface area contributed by atoms with E-state index in [0.717, 1.165) is 5.69 Å². The number of para-hydroxylation sites is 2. The third kappa shape index (κ3) is 2.10. The van der Waals surface area contributed by atoms with Crippen LogP contribution in [0.3, 0.4) is 0 Å². The Bertz CT molecular complexity index is 776. The van der Waals surface area contributed by atoms with Crippen LogP contribution < -0.4 is 10.7 Å². The van der Waals surface area contributed by atoms with Gasteiger partial charge in [-0.25, -0.2) is 0 Å². The minimum absolute atomic E-state index is 0.0387. The fourth-order valence-electron chi connectivity index (χ4n) is 2.06. The fourth-order valence-corrected chi connectivity index (χ4v) is 2.06. The van der Waals surface area contributed by atoms with Crippen LogP contribution in [0.4, 0.5) is 11.4 Å². The number of aryl methyl sites for hydroxylation is 1. The number of benzene rings is 2. The van der Waals surface area contributed by atoms with Gasteiger partial charge in [0.25, 0.3) is 0 Å². The van der Waals surface area contributed by atoms with Crippen molar-refractivity contribution in [2.75, 3.05) is 5.32 Å². The molecule has 0 spiro atoms. The molecule has 0 unspecified atom stereocenters. The van der Waals surface area contributed by atoms with E-state index in [-0.39, 0.29) is 5.43 Å². The molecule has 0 aliphatic heterocycles. The van der Waals surface area contributed by atoms with Gasteiger partial charge in [0.1, 0.15) is 17.0 Å². The summed E-state index contributed by atoms with van der Waals surface area (Å²) in [5.41, 5.74) is 1.94. The maximum Gasteiger partial charge on any atom is 0.216 e. The summed E-state index contributed by atoms with van der Waals surface area (Å²) in [6, 6.07) is 16.9. The van der Waals surface area contributed by atoms with E-state index in [1.54, 1.807) is 19.1 Å². The second-order valence-corrected chi connectivity index (χ2v) is 4.35. The molecule has 1 aromatic heterocycles. The number of nitrogens with one attached hydrogen (secondary N) is 1. The van der Waals surface area contributed by atoms with Crippen LogP contribution in [0.5, 0.6) is 0 Å². The first-order valence-electron chi connectivity index (χ1n) is 6.10. The zero-order valence-corrected chi connectivity index (χ0v) is 10.5. The highest BCUT2D eigenvalue weighted by atomic mass is 16.3. The molecular weight excluding hydrogens is 238 g/mol. The van der Waals surface area contributed by atoms with Crippen LogP contribution in [-0.2, 0) is 0 Å². The Morgan fingerprint density at radius 2 is 1.63 bits per heavy atom. The lowest BCUT2D eigenvalue weighted by atomic mass is 10.2. The highest BCUT2D eigenvalue weighted by Crippen LogP contribution is 2.21. The second-order valence-electron chi connectivity index (χ2n) is 4.35. The smallest absolute Gasteiger partial charge is 0.216 e. The third-order valence-corrected chi connectivity index (χ3v) is 3.02. The largest absolute Gasteiger partial charge is 0.459 e. The maximum absolute atomic E-state index is 12.4. The summed E-state index contributed by atoms with van der Waals surface area (Å²) in [4.78, 5) is 12.4. The highest BCUT2D eigenvalue weighted by Gasteiger charge is 2.10. The summed E-state index contributed by atoms with van der Waals surface area (Å²) < 4.78 is 5.68. The van der Waals surface area contributed by atoms with E-state index in [1.165, 1.54) is 0 Å². The number of hydrogen-bond donors (Lipinski definition) is 1. The molecule has 0 saturated heterocycles. The minimum Gasteiger partial charge on any atom is -0.459 e. The number of fused-ring (bicyclic) bond motifs is 1. The van der Waals surface area contributed by atoms with E-state index in [2.05, 4.69) is 5.32 Å². The second kappa shape index (κ2) is 4.61. The van der Waals surface area contributed by atoms with Crippen molar-refractivity contribution in [1.82, 2.24) is 0 Å². The number of anilines is 2. The molecule has 0 atom stereocenters. The van der Waals surface area contributed by atoms with E-state index in [9.17, 15) is 4.79 Å². The van der Waals surface area contributed by atoms with Gasteiger partial charge in [-0.3, -0.25) is 4.79 Å². The predicted octanol–water partition coefficient (Wildman–Crippen LogP) is 3.85. The summed E-state index contributed by atoms with van der Waals surface area (Å²) in [6.45, 7) is 1.79. The molecule has 19 heavy (non-hydrogen) atoms. The highest BCUT2D eigenvalue weighted by molar-refractivity contribution is 5.81. The number of rotatable bonds is 2. The fraction of sp³-hybridized carbons (Fsp3) is 0.0625. The van der Waals surface area contributed by atoms with E-state index in [1.807, 2.05) is 42.5 Å². The molecule has 1 heterocycles. The topological polar surface area (TPSA) is 42.2 Å². The van der Waals surface area contributed by atoms with Crippen molar-refractivity contribution in [2.24, 2.45) is 0 Å².